The Kier molecular flexibility index (Phi) is 4.30. The molecular weight excluding hydrogens is 252 g/mol. The number of sulfone groups is 1. The van der Waals surface area contributed by atoms with E-state index in [0.717, 1.165) is 0 Å². The SMILES string of the molecule is CC(C)CS(=O)(=O)C1CN(C(=O)NC(C)(C)C)C1. The van der Waals surface area contributed by atoms with Crippen LogP contribution < -0.4 is 5.32 Å². The minimum absolute atomic E-state index is 0.132. The van der Waals surface area contributed by atoms with E-state index in [0.29, 0.717) is 13.1 Å². The fourth-order valence-electron chi connectivity index (χ4n) is 1.83. The Labute approximate surface area is 110 Å². The molecule has 2 amide bonds. The second kappa shape index (κ2) is 5.07. The molecule has 0 bridgehead atoms. The molecule has 0 aromatic rings. The highest BCUT2D eigenvalue weighted by atomic mass is 32.2. The number of hydrogen-bond acceptors (Lipinski definition) is 3. The maximum atomic E-state index is 11.9. The first-order valence-electron chi connectivity index (χ1n) is 6.30. The van der Waals surface area contributed by atoms with Gasteiger partial charge in [0, 0.05) is 18.6 Å². The fraction of sp³-hybridized carbons (Fsp3) is 0.917. The molecule has 0 atom stereocenters. The van der Waals surface area contributed by atoms with Gasteiger partial charge in [-0.1, -0.05) is 13.8 Å². The fourth-order valence-corrected chi connectivity index (χ4v) is 3.85. The van der Waals surface area contributed by atoms with Crippen molar-refractivity contribution in [1.82, 2.24) is 10.2 Å². The van der Waals surface area contributed by atoms with Crippen LogP contribution in [0.5, 0.6) is 0 Å². The Bertz CT molecular complexity index is 404. The molecule has 0 aromatic heterocycles. The van der Waals surface area contributed by atoms with Crippen LogP contribution in [0.1, 0.15) is 34.6 Å². The van der Waals surface area contributed by atoms with Gasteiger partial charge in [-0.05, 0) is 26.7 Å². The van der Waals surface area contributed by atoms with Crippen LogP contribution in [0.2, 0.25) is 0 Å². The molecule has 0 unspecified atom stereocenters. The molecule has 1 heterocycles. The number of carbonyl (C=O) groups excluding carboxylic acids is 1. The van der Waals surface area contributed by atoms with E-state index in [2.05, 4.69) is 5.32 Å². The van der Waals surface area contributed by atoms with Crippen molar-refractivity contribution in [2.75, 3.05) is 18.8 Å². The van der Waals surface area contributed by atoms with Gasteiger partial charge in [-0.15, -0.1) is 0 Å². The van der Waals surface area contributed by atoms with Crippen LogP contribution in [0.25, 0.3) is 0 Å². The van der Waals surface area contributed by atoms with E-state index in [1.165, 1.54) is 0 Å². The third-order valence-corrected chi connectivity index (χ3v) is 5.14. The van der Waals surface area contributed by atoms with E-state index >= 15 is 0 Å². The highest BCUT2D eigenvalue weighted by Gasteiger charge is 2.40. The number of hydrogen-bond donors (Lipinski definition) is 1. The topological polar surface area (TPSA) is 66.5 Å². The van der Waals surface area contributed by atoms with Crippen molar-refractivity contribution in [1.29, 1.82) is 0 Å². The Morgan fingerprint density at radius 1 is 1.33 bits per heavy atom. The number of nitrogens with one attached hydrogen (secondary N) is 1. The molecule has 1 fully saturated rings. The van der Waals surface area contributed by atoms with Crippen LogP contribution in [-0.2, 0) is 9.84 Å². The highest BCUT2D eigenvalue weighted by molar-refractivity contribution is 7.92. The first-order chi connectivity index (χ1) is 8.01. The zero-order valence-corrected chi connectivity index (χ0v) is 12.7. The van der Waals surface area contributed by atoms with Crippen LogP contribution in [0.15, 0.2) is 0 Å². The predicted molar refractivity (Wildman–Crippen MR) is 72.3 cm³/mol. The Morgan fingerprint density at radius 2 is 1.83 bits per heavy atom. The highest BCUT2D eigenvalue weighted by Crippen LogP contribution is 2.19. The summed E-state index contributed by atoms with van der Waals surface area (Å²) in [4.78, 5) is 13.3. The van der Waals surface area contributed by atoms with Gasteiger partial charge in [-0.25, -0.2) is 13.2 Å². The lowest BCUT2D eigenvalue weighted by atomic mass is 10.1. The van der Waals surface area contributed by atoms with E-state index in [9.17, 15) is 13.2 Å². The smallest absolute Gasteiger partial charge is 0.317 e. The average molecular weight is 276 g/mol. The second-order valence-electron chi connectivity index (χ2n) is 6.43. The van der Waals surface area contributed by atoms with Gasteiger partial charge in [0.2, 0.25) is 0 Å². The standard InChI is InChI=1S/C12H24N2O3S/c1-9(2)8-18(16,17)10-6-14(7-10)11(15)13-12(3,4)5/h9-10H,6-8H2,1-5H3,(H,13,15). The first-order valence-corrected chi connectivity index (χ1v) is 8.01. The Hall–Kier alpha value is -0.780. The average Bonchev–Trinajstić information content (AvgIpc) is 1.91. The molecule has 1 N–H and O–H groups in total. The number of nitrogens with zero attached hydrogens (tertiary/aromatic N) is 1. The third-order valence-electron chi connectivity index (χ3n) is 2.69. The van der Waals surface area contributed by atoms with Gasteiger partial charge >= 0.3 is 6.03 Å². The largest absolute Gasteiger partial charge is 0.333 e. The van der Waals surface area contributed by atoms with Crippen LogP contribution in [0, 0.1) is 5.92 Å². The van der Waals surface area contributed by atoms with E-state index in [4.69, 9.17) is 0 Å². The normalized spacial score (nSPS) is 17.8. The summed E-state index contributed by atoms with van der Waals surface area (Å²) in [6.45, 7) is 10.1. The molecule has 0 spiro atoms. The first kappa shape index (κ1) is 15.3. The number of amides is 2. The zero-order chi connectivity index (χ0) is 14.1. The summed E-state index contributed by atoms with van der Waals surface area (Å²) in [7, 11) is -3.05. The second-order valence-corrected chi connectivity index (χ2v) is 8.76. The lowest BCUT2D eigenvalue weighted by molar-refractivity contribution is 0.161. The maximum Gasteiger partial charge on any atom is 0.317 e. The minimum atomic E-state index is -3.05. The molecule has 6 heteroatoms. The van der Waals surface area contributed by atoms with Gasteiger partial charge in [0.25, 0.3) is 0 Å². The number of carbonyl (C=O) groups is 1. The van der Waals surface area contributed by atoms with Crippen LogP contribution in [0.4, 0.5) is 4.79 Å². The number of urea groups is 1. The lowest BCUT2D eigenvalue weighted by Crippen LogP contribution is -2.62. The van der Waals surface area contributed by atoms with Crippen molar-refractivity contribution in [2.24, 2.45) is 5.92 Å². The minimum Gasteiger partial charge on any atom is -0.333 e. The van der Waals surface area contributed by atoms with E-state index in [1.807, 2.05) is 34.6 Å². The summed E-state index contributed by atoms with van der Waals surface area (Å²) < 4.78 is 23.8. The molecule has 1 rings (SSSR count). The van der Waals surface area contributed by atoms with Gasteiger partial charge in [0.1, 0.15) is 0 Å². The molecule has 106 valence electrons. The lowest BCUT2D eigenvalue weighted by Gasteiger charge is -2.40. The molecule has 0 radical (unpaired) electrons. The van der Waals surface area contributed by atoms with E-state index in [1.54, 1.807) is 4.90 Å². The summed E-state index contributed by atoms with van der Waals surface area (Å²) in [5, 5.41) is 2.44. The molecule has 0 aromatic carbocycles. The number of likely N-dealkylation sites (tertiary alicyclic amines) is 1. The molecule has 5 nitrogen and oxygen atoms in total. The van der Waals surface area contributed by atoms with Gasteiger partial charge in [0.05, 0.1) is 11.0 Å². The number of rotatable bonds is 3. The van der Waals surface area contributed by atoms with Crippen molar-refractivity contribution < 1.29 is 13.2 Å². The van der Waals surface area contributed by atoms with E-state index < -0.39 is 9.84 Å². The molecule has 1 aliphatic heterocycles. The predicted octanol–water partition coefficient (Wildman–Crippen LogP) is 1.25. The summed E-state index contributed by atoms with van der Waals surface area (Å²) in [5.74, 6) is 0.333. The molecular formula is C12H24N2O3S. The quantitative estimate of drug-likeness (QED) is 0.843. The van der Waals surface area contributed by atoms with E-state index in [-0.39, 0.29) is 28.5 Å². The van der Waals surface area contributed by atoms with Gasteiger partial charge in [0.15, 0.2) is 9.84 Å². The van der Waals surface area contributed by atoms with Crippen LogP contribution in [0.3, 0.4) is 0 Å². The van der Waals surface area contributed by atoms with Crippen molar-refractivity contribution in [2.45, 2.75) is 45.4 Å². The van der Waals surface area contributed by atoms with Crippen molar-refractivity contribution >= 4 is 15.9 Å². The molecule has 0 saturated carbocycles. The van der Waals surface area contributed by atoms with Crippen molar-refractivity contribution in [3.8, 4) is 0 Å². The van der Waals surface area contributed by atoms with Crippen LogP contribution in [-0.4, -0.2) is 49.0 Å². The van der Waals surface area contributed by atoms with Gasteiger partial charge < -0.3 is 10.2 Å². The summed E-state index contributed by atoms with van der Waals surface area (Å²) in [6, 6.07) is -0.182. The van der Waals surface area contributed by atoms with Crippen molar-refractivity contribution in [3.63, 3.8) is 0 Å². The molecule has 0 aliphatic carbocycles. The van der Waals surface area contributed by atoms with Gasteiger partial charge in [-0.2, -0.15) is 0 Å². The zero-order valence-electron chi connectivity index (χ0n) is 11.9. The van der Waals surface area contributed by atoms with Crippen molar-refractivity contribution in [3.05, 3.63) is 0 Å². The maximum absolute atomic E-state index is 11.9. The molecule has 1 aliphatic rings. The summed E-state index contributed by atoms with van der Waals surface area (Å²) in [5.41, 5.74) is -0.293. The van der Waals surface area contributed by atoms with Gasteiger partial charge in [-0.3, -0.25) is 0 Å². The molecule has 18 heavy (non-hydrogen) atoms. The molecule has 1 saturated heterocycles. The van der Waals surface area contributed by atoms with Crippen LogP contribution >= 0.6 is 0 Å². The third kappa shape index (κ3) is 4.15. The Balaban J connectivity index is 2.47. The summed E-state index contributed by atoms with van der Waals surface area (Å²) in [6.07, 6.45) is 0. The monoisotopic (exact) mass is 276 g/mol. The Morgan fingerprint density at radius 3 is 2.22 bits per heavy atom. The summed E-state index contributed by atoms with van der Waals surface area (Å²) >= 11 is 0.